The molecule has 4 heteroatoms. The highest BCUT2D eigenvalue weighted by atomic mass is 32.1. The lowest BCUT2D eigenvalue weighted by molar-refractivity contribution is 0.618. The molecule has 2 N–H and O–H groups in total. The fourth-order valence-corrected chi connectivity index (χ4v) is 4.05. The van der Waals surface area contributed by atoms with Crippen LogP contribution in [0.3, 0.4) is 0 Å². The number of benzene rings is 2. The topological polar surface area (TPSA) is 37.0 Å². The lowest BCUT2D eigenvalue weighted by atomic mass is 9.93. The molecule has 0 bridgehead atoms. The molecule has 0 atom stereocenters. The average molecular weight is 340 g/mol. The lowest BCUT2D eigenvalue weighted by Crippen LogP contribution is -2.28. The predicted molar refractivity (Wildman–Crippen MR) is 106 cm³/mol. The van der Waals surface area contributed by atoms with E-state index in [2.05, 4.69) is 75.6 Å². The molecule has 24 heavy (non-hydrogen) atoms. The van der Waals surface area contributed by atoms with Gasteiger partial charge in [-0.1, -0.05) is 41.2 Å². The van der Waals surface area contributed by atoms with Gasteiger partial charge >= 0.3 is 0 Å². The zero-order valence-corrected chi connectivity index (χ0v) is 15.8. The highest BCUT2D eigenvalue weighted by Gasteiger charge is 2.13. The molecule has 0 saturated heterocycles. The molecular formula is C20H25N3S. The van der Waals surface area contributed by atoms with Crippen molar-refractivity contribution in [2.75, 3.05) is 12.0 Å². The summed E-state index contributed by atoms with van der Waals surface area (Å²) in [5.41, 5.74) is 7.55. The summed E-state index contributed by atoms with van der Waals surface area (Å²) in [5.74, 6) is 0. The first-order valence-corrected chi connectivity index (χ1v) is 9.22. The maximum absolute atomic E-state index is 4.86. The summed E-state index contributed by atoms with van der Waals surface area (Å²) in [7, 11) is 0. The van der Waals surface area contributed by atoms with E-state index < -0.39 is 0 Å². The van der Waals surface area contributed by atoms with E-state index in [-0.39, 0.29) is 0 Å². The second-order valence-electron chi connectivity index (χ2n) is 6.66. The maximum Gasteiger partial charge on any atom is 0.184 e. The highest BCUT2D eigenvalue weighted by molar-refractivity contribution is 7.22. The predicted octanol–water partition coefficient (Wildman–Crippen LogP) is 5.26. The van der Waals surface area contributed by atoms with E-state index >= 15 is 0 Å². The first kappa shape index (κ1) is 16.9. The number of para-hydroxylation sites is 1. The average Bonchev–Trinajstić information content (AvgIpc) is 2.89. The van der Waals surface area contributed by atoms with E-state index in [4.69, 9.17) is 4.98 Å². The SMILES string of the molecule is Cc1cc(C)c(-c2cccc3sc(NCNC(C)C)nc23)c(C)c1. The van der Waals surface area contributed by atoms with Crippen molar-refractivity contribution >= 4 is 26.7 Å². The van der Waals surface area contributed by atoms with Gasteiger partial charge in [-0.25, -0.2) is 4.98 Å². The molecule has 0 aliphatic heterocycles. The number of nitrogens with one attached hydrogen (secondary N) is 2. The number of hydrogen-bond donors (Lipinski definition) is 2. The normalized spacial score (nSPS) is 11.4. The quantitative estimate of drug-likeness (QED) is 0.623. The Morgan fingerprint density at radius 1 is 1.08 bits per heavy atom. The molecule has 0 radical (unpaired) electrons. The monoisotopic (exact) mass is 339 g/mol. The zero-order valence-electron chi connectivity index (χ0n) is 15.0. The minimum Gasteiger partial charge on any atom is -0.349 e. The summed E-state index contributed by atoms with van der Waals surface area (Å²) < 4.78 is 1.22. The summed E-state index contributed by atoms with van der Waals surface area (Å²) in [5, 5.41) is 7.71. The Hall–Kier alpha value is -1.91. The number of nitrogens with zero attached hydrogens (tertiary/aromatic N) is 1. The Bertz CT molecular complexity index is 841. The molecule has 3 rings (SSSR count). The smallest absolute Gasteiger partial charge is 0.184 e. The molecule has 0 amide bonds. The van der Waals surface area contributed by atoms with Crippen LogP contribution in [0.25, 0.3) is 21.3 Å². The summed E-state index contributed by atoms with van der Waals surface area (Å²) in [6.45, 7) is 11.5. The zero-order chi connectivity index (χ0) is 17.3. The van der Waals surface area contributed by atoms with Crippen molar-refractivity contribution < 1.29 is 0 Å². The molecule has 2 aromatic carbocycles. The lowest BCUT2D eigenvalue weighted by Gasteiger charge is -2.12. The van der Waals surface area contributed by atoms with E-state index in [1.165, 1.54) is 32.5 Å². The molecule has 1 heterocycles. The van der Waals surface area contributed by atoms with Crippen LogP contribution in [-0.4, -0.2) is 17.7 Å². The van der Waals surface area contributed by atoms with Crippen molar-refractivity contribution in [3.8, 4) is 11.1 Å². The van der Waals surface area contributed by atoms with Crippen molar-refractivity contribution in [2.24, 2.45) is 0 Å². The van der Waals surface area contributed by atoms with Crippen molar-refractivity contribution in [2.45, 2.75) is 40.7 Å². The molecule has 0 fully saturated rings. The van der Waals surface area contributed by atoms with Gasteiger partial charge in [0.1, 0.15) is 0 Å². The Kier molecular flexibility index (Phi) is 4.88. The molecule has 0 aliphatic carbocycles. The van der Waals surface area contributed by atoms with Gasteiger partial charge in [-0.15, -0.1) is 0 Å². The number of hydrogen-bond acceptors (Lipinski definition) is 4. The first-order valence-electron chi connectivity index (χ1n) is 8.40. The van der Waals surface area contributed by atoms with Gasteiger partial charge < -0.3 is 5.32 Å². The van der Waals surface area contributed by atoms with Crippen LogP contribution in [0, 0.1) is 20.8 Å². The van der Waals surface area contributed by atoms with E-state index in [0.29, 0.717) is 6.04 Å². The summed E-state index contributed by atoms with van der Waals surface area (Å²) in [6.07, 6.45) is 0. The Morgan fingerprint density at radius 2 is 1.79 bits per heavy atom. The van der Waals surface area contributed by atoms with Crippen molar-refractivity contribution in [1.82, 2.24) is 10.3 Å². The summed E-state index contributed by atoms with van der Waals surface area (Å²) >= 11 is 1.71. The van der Waals surface area contributed by atoms with Gasteiger partial charge in [0.15, 0.2) is 5.13 Å². The summed E-state index contributed by atoms with van der Waals surface area (Å²) in [6, 6.07) is 11.4. The van der Waals surface area contributed by atoms with E-state index in [1.807, 2.05) is 0 Å². The van der Waals surface area contributed by atoms with Crippen LogP contribution in [0.4, 0.5) is 5.13 Å². The Morgan fingerprint density at radius 3 is 2.46 bits per heavy atom. The third-order valence-corrected chi connectivity index (χ3v) is 5.09. The van der Waals surface area contributed by atoms with Crippen molar-refractivity contribution in [1.29, 1.82) is 0 Å². The third-order valence-electron chi connectivity index (χ3n) is 4.12. The fraction of sp³-hybridized carbons (Fsp3) is 0.350. The fourth-order valence-electron chi connectivity index (χ4n) is 3.16. The van der Waals surface area contributed by atoms with Crippen LogP contribution in [0.2, 0.25) is 0 Å². The van der Waals surface area contributed by atoms with Gasteiger partial charge in [0, 0.05) is 11.6 Å². The second kappa shape index (κ2) is 6.91. The van der Waals surface area contributed by atoms with Crippen molar-refractivity contribution in [3.05, 3.63) is 47.0 Å². The number of aromatic nitrogens is 1. The van der Waals surface area contributed by atoms with Gasteiger partial charge in [-0.05, 0) is 57.4 Å². The van der Waals surface area contributed by atoms with Gasteiger partial charge in [-0.2, -0.15) is 0 Å². The molecular weight excluding hydrogens is 314 g/mol. The molecule has 126 valence electrons. The number of thiazole rings is 1. The third kappa shape index (κ3) is 3.45. The van der Waals surface area contributed by atoms with Gasteiger partial charge in [0.25, 0.3) is 0 Å². The molecule has 3 nitrogen and oxygen atoms in total. The number of rotatable bonds is 5. The van der Waals surface area contributed by atoms with E-state index in [1.54, 1.807) is 11.3 Å². The molecule has 0 unspecified atom stereocenters. The van der Waals surface area contributed by atoms with E-state index in [9.17, 15) is 0 Å². The van der Waals surface area contributed by atoms with Crippen LogP contribution < -0.4 is 10.6 Å². The minimum atomic E-state index is 0.459. The molecule has 3 aromatic rings. The van der Waals surface area contributed by atoms with Crippen LogP contribution in [0.5, 0.6) is 0 Å². The van der Waals surface area contributed by atoms with Crippen LogP contribution >= 0.6 is 11.3 Å². The van der Waals surface area contributed by atoms with Crippen LogP contribution in [-0.2, 0) is 0 Å². The van der Waals surface area contributed by atoms with E-state index in [0.717, 1.165) is 17.3 Å². The molecule has 0 aliphatic rings. The second-order valence-corrected chi connectivity index (χ2v) is 7.69. The van der Waals surface area contributed by atoms with Crippen LogP contribution in [0.15, 0.2) is 30.3 Å². The largest absolute Gasteiger partial charge is 0.349 e. The van der Waals surface area contributed by atoms with Gasteiger partial charge in [-0.3, -0.25) is 5.32 Å². The molecule has 0 spiro atoms. The first-order chi connectivity index (χ1) is 11.5. The van der Waals surface area contributed by atoms with Gasteiger partial charge in [0.2, 0.25) is 0 Å². The molecule has 1 aromatic heterocycles. The summed E-state index contributed by atoms with van der Waals surface area (Å²) in [4.78, 5) is 4.86. The highest BCUT2D eigenvalue weighted by Crippen LogP contribution is 2.36. The maximum atomic E-state index is 4.86. The Balaban J connectivity index is 2.02. The Labute approximate surface area is 148 Å². The minimum absolute atomic E-state index is 0.459. The number of fused-ring (bicyclic) bond motifs is 1. The van der Waals surface area contributed by atoms with Gasteiger partial charge in [0.05, 0.1) is 16.9 Å². The molecule has 0 saturated carbocycles. The standard InChI is InChI=1S/C20H25N3S/c1-12(2)21-11-22-20-23-19-16(7-6-8-17(19)24-20)18-14(4)9-13(3)10-15(18)5/h6-10,12,21H,11H2,1-5H3,(H,22,23). The number of anilines is 1. The van der Waals surface area contributed by atoms with Crippen LogP contribution in [0.1, 0.15) is 30.5 Å². The number of aryl methyl sites for hydroxylation is 3. The van der Waals surface area contributed by atoms with Crippen molar-refractivity contribution in [3.63, 3.8) is 0 Å².